The van der Waals surface area contributed by atoms with Crippen molar-refractivity contribution in [1.82, 2.24) is 0 Å². The lowest BCUT2D eigenvalue weighted by Gasteiger charge is -2.24. The van der Waals surface area contributed by atoms with Crippen LogP contribution < -0.4 is 0 Å². The van der Waals surface area contributed by atoms with E-state index >= 15 is 0 Å². The van der Waals surface area contributed by atoms with Crippen molar-refractivity contribution >= 4 is 29.5 Å². The molecule has 0 amide bonds. The second-order valence-electron chi connectivity index (χ2n) is 6.77. The fourth-order valence-corrected chi connectivity index (χ4v) is 5.25. The topological polar surface area (TPSA) is 44.8 Å². The zero-order chi connectivity index (χ0) is 18.1. The van der Waals surface area contributed by atoms with Gasteiger partial charge in [0.15, 0.2) is 0 Å². The van der Waals surface area contributed by atoms with Crippen LogP contribution in [0.15, 0.2) is 36.0 Å². The third kappa shape index (κ3) is 7.60. The first kappa shape index (κ1) is 20.6. The number of hydrogen-bond acceptors (Lipinski definition) is 6. The van der Waals surface area contributed by atoms with E-state index in [2.05, 4.69) is 38.2 Å². The number of hydrogen-bond donors (Lipinski definition) is 0. The summed E-state index contributed by atoms with van der Waals surface area (Å²) in [6.07, 6.45) is 12.0. The Morgan fingerprint density at radius 3 is 2.76 bits per heavy atom. The molecule has 0 unspecified atom stereocenters. The van der Waals surface area contributed by atoms with Crippen molar-refractivity contribution in [3.8, 4) is 0 Å². The highest BCUT2D eigenvalue weighted by Gasteiger charge is 2.25. The van der Waals surface area contributed by atoms with E-state index in [-0.39, 0.29) is 24.3 Å². The summed E-state index contributed by atoms with van der Waals surface area (Å²) in [6.45, 7) is 4.97. The number of carbonyl (C=O) groups excluding carboxylic acids is 1. The van der Waals surface area contributed by atoms with Gasteiger partial charge in [-0.2, -0.15) is 0 Å². The summed E-state index contributed by atoms with van der Waals surface area (Å²) in [4.78, 5) is 11.3. The van der Waals surface area contributed by atoms with E-state index in [0.29, 0.717) is 11.2 Å². The molecule has 0 bridgehead atoms. The van der Waals surface area contributed by atoms with Crippen LogP contribution in [0, 0.1) is 5.41 Å². The minimum absolute atomic E-state index is 0.0546. The number of rotatable bonds is 10. The maximum absolute atomic E-state index is 11.3. The van der Waals surface area contributed by atoms with Crippen molar-refractivity contribution in [3.63, 3.8) is 0 Å². The lowest BCUT2D eigenvalue weighted by molar-refractivity contribution is -0.135. The molecule has 6 heteroatoms. The van der Waals surface area contributed by atoms with Gasteiger partial charge in [-0.1, -0.05) is 38.2 Å². The monoisotopic (exact) mass is 384 g/mol. The molecule has 0 aliphatic carbocycles. The van der Waals surface area contributed by atoms with Gasteiger partial charge in [-0.05, 0) is 18.3 Å². The fourth-order valence-electron chi connectivity index (χ4n) is 2.65. The highest BCUT2D eigenvalue weighted by atomic mass is 32.2. The lowest BCUT2D eigenvalue weighted by atomic mass is 9.85. The molecule has 0 aromatic rings. The largest absolute Gasteiger partial charge is 0.458 e. The van der Waals surface area contributed by atoms with Crippen molar-refractivity contribution in [1.29, 1.82) is 0 Å². The summed E-state index contributed by atoms with van der Waals surface area (Å²) in [5.41, 5.74) is 0.955. The first-order valence-electron chi connectivity index (χ1n) is 8.57. The Hall–Kier alpha value is -0.690. The molecule has 0 aromatic heterocycles. The van der Waals surface area contributed by atoms with Crippen molar-refractivity contribution in [3.05, 3.63) is 36.0 Å². The second-order valence-corrected chi connectivity index (χ2v) is 9.57. The maximum Gasteiger partial charge on any atom is 0.331 e. The number of cyclic esters (lactones) is 1. The molecule has 2 aliphatic rings. The van der Waals surface area contributed by atoms with E-state index in [1.54, 1.807) is 13.2 Å². The highest BCUT2D eigenvalue weighted by molar-refractivity contribution is 8.20. The quantitative estimate of drug-likeness (QED) is 0.320. The molecule has 0 spiro atoms. The van der Waals surface area contributed by atoms with Gasteiger partial charge < -0.3 is 14.2 Å². The second kappa shape index (κ2) is 10.5. The van der Waals surface area contributed by atoms with Crippen LogP contribution in [0.25, 0.3) is 0 Å². The lowest BCUT2D eigenvalue weighted by Crippen LogP contribution is -2.21. The molecule has 2 heterocycles. The van der Waals surface area contributed by atoms with E-state index in [9.17, 15) is 4.79 Å². The van der Waals surface area contributed by atoms with Gasteiger partial charge in [0.1, 0.15) is 13.4 Å². The first-order chi connectivity index (χ1) is 12.0. The molecule has 1 fully saturated rings. The molecule has 1 saturated heterocycles. The Balaban J connectivity index is 1.83. The van der Waals surface area contributed by atoms with Crippen LogP contribution in [-0.4, -0.2) is 48.7 Å². The summed E-state index contributed by atoms with van der Waals surface area (Å²) < 4.78 is 16.4. The summed E-state index contributed by atoms with van der Waals surface area (Å²) in [5.74, 6) is 2.22. The Morgan fingerprint density at radius 1 is 1.36 bits per heavy atom. The van der Waals surface area contributed by atoms with E-state index in [0.717, 1.165) is 18.4 Å². The molecule has 0 aromatic carbocycles. The van der Waals surface area contributed by atoms with E-state index in [1.807, 2.05) is 23.5 Å². The maximum atomic E-state index is 11.3. The minimum atomic E-state index is -0.284. The molecule has 0 N–H and O–H groups in total. The summed E-state index contributed by atoms with van der Waals surface area (Å²) in [6, 6.07) is 0. The number of ether oxygens (including phenoxy) is 3. The Bertz CT molecular complexity index is 520. The molecule has 2 rings (SSSR count). The van der Waals surface area contributed by atoms with Gasteiger partial charge in [-0.3, -0.25) is 0 Å². The zero-order valence-electron chi connectivity index (χ0n) is 15.2. The predicted octanol–water partition coefficient (Wildman–Crippen LogP) is 4.18. The molecule has 140 valence electrons. The van der Waals surface area contributed by atoms with E-state index in [4.69, 9.17) is 14.2 Å². The van der Waals surface area contributed by atoms with Crippen molar-refractivity contribution in [2.75, 3.05) is 32.0 Å². The first-order valence-corrected chi connectivity index (χ1v) is 10.7. The van der Waals surface area contributed by atoms with Crippen molar-refractivity contribution in [2.24, 2.45) is 5.41 Å². The third-order valence-corrected chi connectivity index (χ3v) is 7.04. The third-order valence-electron chi connectivity index (χ3n) is 4.11. The van der Waals surface area contributed by atoms with Crippen molar-refractivity contribution < 1.29 is 19.0 Å². The molecule has 4 nitrogen and oxygen atoms in total. The van der Waals surface area contributed by atoms with Crippen molar-refractivity contribution in [2.45, 2.75) is 37.4 Å². The van der Waals surface area contributed by atoms with Crippen LogP contribution in [0.2, 0.25) is 0 Å². The van der Waals surface area contributed by atoms with E-state index < -0.39 is 0 Å². The van der Waals surface area contributed by atoms with Crippen LogP contribution in [0.5, 0.6) is 0 Å². The smallest absolute Gasteiger partial charge is 0.331 e. The average Bonchev–Trinajstić information content (AvgIpc) is 3.23. The van der Waals surface area contributed by atoms with Gasteiger partial charge in [0.2, 0.25) is 0 Å². The molecular formula is C19H28O4S2. The molecule has 0 saturated carbocycles. The van der Waals surface area contributed by atoms with Gasteiger partial charge in [-0.15, -0.1) is 23.5 Å². The average molecular weight is 385 g/mol. The molecule has 2 aliphatic heterocycles. The van der Waals surface area contributed by atoms with Gasteiger partial charge in [0, 0.05) is 30.3 Å². The SMILES string of the molecule is COCO[C@@H](CCC(C)(C)/C=C/C=C/C1SCCS1)C1=CC(=O)OC1. The summed E-state index contributed by atoms with van der Waals surface area (Å²) in [5, 5.41) is 0. The highest BCUT2D eigenvalue weighted by Crippen LogP contribution is 2.33. The molecule has 1 atom stereocenters. The normalized spacial score (nSPS) is 20.6. The molecular weight excluding hydrogens is 356 g/mol. The molecule has 0 radical (unpaired) electrons. The van der Waals surface area contributed by atoms with Gasteiger partial charge in [-0.25, -0.2) is 4.79 Å². The minimum Gasteiger partial charge on any atom is -0.458 e. The number of allylic oxidation sites excluding steroid dienone is 3. The van der Waals surface area contributed by atoms with Gasteiger partial charge in [0.25, 0.3) is 0 Å². The van der Waals surface area contributed by atoms with E-state index in [1.165, 1.54) is 11.5 Å². The zero-order valence-corrected chi connectivity index (χ0v) is 16.9. The summed E-state index contributed by atoms with van der Waals surface area (Å²) >= 11 is 4.01. The Labute approximate surface area is 159 Å². The van der Waals surface area contributed by atoms with Gasteiger partial charge in [0.05, 0.1) is 10.7 Å². The fraction of sp³-hybridized carbons (Fsp3) is 0.632. The number of carbonyl (C=O) groups is 1. The number of methoxy groups -OCH3 is 1. The number of thioether (sulfide) groups is 2. The molecule has 25 heavy (non-hydrogen) atoms. The van der Waals surface area contributed by atoms with Gasteiger partial charge >= 0.3 is 5.97 Å². The van der Waals surface area contributed by atoms with Crippen LogP contribution >= 0.6 is 23.5 Å². The van der Waals surface area contributed by atoms with Crippen LogP contribution in [0.3, 0.4) is 0 Å². The summed E-state index contributed by atoms with van der Waals surface area (Å²) in [7, 11) is 1.60. The predicted molar refractivity (Wildman–Crippen MR) is 106 cm³/mol. The van der Waals surface area contributed by atoms with Crippen LogP contribution in [-0.2, 0) is 19.0 Å². The number of esters is 1. The van der Waals surface area contributed by atoms with Crippen LogP contribution in [0.4, 0.5) is 0 Å². The van der Waals surface area contributed by atoms with Crippen LogP contribution in [0.1, 0.15) is 26.7 Å². The Kier molecular flexibility index (Phi) is 8.62. The Morgan fingerprint density at radius 2 is 2.12 bits per heavy atom. The standard InChI is InChI=1S/C19H28O4S2/c1-19(2,8-5-4-6-18-24-10-11-25-18)9-7-16(23-14-21-3)15-12-17(20)22-13-15/h4-6,8,12,16,18H,7,9-11,13-14H2,1-3H3/b6-4+,8-5+/t16-/m0/s1.